The lowest BCUT2D eigenvalue weighted by molar-refractivity contribution is 0.365. The third kappa shape index (κ3) is 2.22. The zero-order valence-corrected chi connectivity index (χ0v) is 9.71. The van der Waals surface area contributed by atoms with Gasteiger partial charge in [0.25, 0.3) is 5.56 Å². The van der Waals surface area contributed by atoms with Crippen LogP contribution in [0.25, 0.3) is 0 Å². The number of hydrogen-bond donors (Lipinski definition) is 2. The molecule has 0 atom stereocenters. The summed E-state index contributed by atoms with van der Waals surface area (Å²) in [6, 6.07) is 3.72. The van der Waals surface area contributed by atoms with Crippen LogP contribution in [0.2, 0.25) is 0 Å². The van der Waals surface area contributed by atoms with E-state index in [9.17, 15) is 4.79 Å². The van der Waals surface area contributed by atoms with Gasteiger partial charge in [-0.3, -0.25) is 4.79 Å². The van der Waals surface area contributed by atoms with Gasteiger partial charge in [0.05, 0.1) is 12.0 Å². The van der Waals surface area contributed by atoms with E-state index >= 15 is 0 Å². The Kier molecular flexibility index (Phi) is 2.76. The molecule has 18 heavy (non-hydrogen) atoms. The van der Waals surface area contributed by atoms with Gasteiger partial charge in [-0.25, -0.2) is 15.0 Å². The van der Waals surface area contributed by atoms with Crippen molar-refractivity contribution in [2.75, 3.05) is 5.32 Å². The molecule has 0 radical (unpaired) electrons. The summed E-state index contributed by atoms with van der Waals surface area (Å²) in [6.07, 6.45) is 6.79. The molecule has 1 saturated carbocycles. The van der Waals surface area contributed by atoms with Crippen LogP contribution in [0.15, 0.2) is 35.6 Å². The lowest BCUT2D eigenvalue weighted by atomic mass is 9.78. The van der Waals surface area contributed by atoms with Gasteiger partial charge in [0.2, 0.25) is 5.95 Å². The largest absolute Gasteiger partial charge is 0.351 e. The van der Waals surface area contributed by atoms with Gasteiger partial charge in [-0.2, -0.15) is 0 Å². The second kappa shape index (κ2) is 4.56. The van der Waals surface area contributed by atoms with Crippen LogP contribution in [0.4, 0.5) is 5.95 Å². The van der Waals surface area contributed by atoms with Crippen molar-refractivity contribution in [3.05, 3.63) is 46.9 Å². The van der Waals surface area contributed by atoms with Gasteiger partial charge in [-0.15, -0.1) is 0 Å². The quantitative estimate of drug-likeness (QED) is 0.837. The van der Waals surface area contributed by atoms with E-state index < -0.39 is 0 Å². The van der Waals surface area contributed by atoms with Gasteiger partial charge in [0, 0.05) is 30.4 Å². The van der Waals surface area contributed by atoms with Crippen LogP contribution in [-0.2, 0) is 0 Å². The van der Waals surface area contributed by atoms with E-state index in [1.54, 1.807) is 24.5 Å². The van der Waals surface area contributed by atoms with Gasteiger partial charge in [0.1, 0.15) is 0 Å². The molecule has 0 aliphatic heterocycles. The molecule has 2 N–H and O–H groups in total. The van der Waals surface area contributed by atoms with E-state index in [0.717, 1.165) is 18.5 Å². The molecule has 0 bridgehead atoms. The molecular formula is C12H13N5O. The Balaban J connectivity index is 1.59. The zero-order chi connectivity index (χ0) is 12.4. The summed E-state index contributed by atoms with van der Waals surface area (Å²) in [5, 5.41) is 3.26. The van der Waals surface area contributed by atoms with E-state index in [4.69, 9.17) is 0 Å². The lowest BCUT2D eigenvalue weighted by Crippen LogP contribution is -2.35. The fraction of sp³-hybridized carbons (Fsp3) is 0.333. The highest BCUT2D eigenvalue weighted by Gasteiger charge is 2.31. The average Bonchev–Trinajstić information content (AvgIpc) is 2.34. The number of hydrogen-bond acceptors (Lipinski definition) is 5. The predicted octanol–water partition coefficient (Wildman–Crippen LogP) is 0.918. The van der Waals surface area contributed by atoms with E-state index in [1.807, 2.05) is 0 Å². The first-order valence-corrected chi connectivity index (χ1v) is 5.89. The SMILES string of the molecule is O=c1cc(C2CC(Nc3ncccn3)C2)nc[nH]1. The summed E-state index contributed by atoms with van der Waals surface area (Å²) >= 11 is 0. The van der Waals surface area contributed by atoms with Crippen LogP contribution >= 0.6 is 0 Å². The van der Waals surface area contributed by atoms with Gasteiger partial charge in [-0.05, 0) is 18.9 Å². The van der Waals surface area contributed by atoms with Crippen molar-refractivity contribution < 1.29 is 0 Å². The molecule has 1 aliphatic carbocycles. The molecule has 0 aromatic carbocycles. The third-order valence-corrected chi connectivity index (χ3v) is 3.15. The van der Waals surface area contributed by atoms with Crippen LogP contribution in [-0.4, -0.2) is 26.0 Å². The number of nitrogens with one attached hydrogen (secondary N) is 2. The Bertz CT molecular complexity index is 576. The minimum absolute atomic E-state index is 0.0946. The normalized spacial score (nSPS) is 22.2. The molecule has 92 valence electrons. The molecular weight excluding hydrogens is 230 g/mol. The Labute approximate surface area is 104 Å². The van der Waals surface area contributed by atoms with Crippen molar-refractivity contribution in [2.45, 2.75) is 24.8 Å². The predicted molar refractivity (Wildman–Crippen MR) is 66.3 cm³/mol. The summed E-state index contributed by atoms with van der Waals surface area (Å²) in [5.74, 6) is 1.01. The van der Waals surface area contributed by atoms with E-state index in [0.29, 0.717) is 17.9 Å². The maximum atomic E-state index is 11.2. The summed E-state index contributed by atoms with van der Waals surface area (Å²) in [5.41, 5.74) is 0.772. The molecule has 2 heterocycles. The van der Waals surface area contributed by atoms with Crippen LogP contribution < -0.4 is 10.9 Å². The number of rotatable bonds is 3. The molecule has 2 aromatic heterocycles. The smallest absolute Gasteiger partial charge is 0.250 e. The Hall–Kier alpha value is -2.24. The van der Waals surface area contributed by atoms with Crippen molar-refractivity contribution in [3.63, 3.8) is 0 Å². The zero-order valence-electron chi connectivity index (χ0n) is 9.71. The fourth-order valence-electron chi connectivity index (χ4n) is 2.14. The highest BCUT2D eigenvalue weighted by atomic mass is 16.1. The molecule has 0 unspecified atom stereocenters. The van der Waals surface area contributed by atoms with E-state index in [-0.39, 0.29) is 5.56 Å². The van der Waals surface area contributed by atoms with Gasteiger partial charge in [-0.1, -0.05) is 0 Å². The van der Waals surface area contributed by atoms with Gasteiger partial charge in [0.15, 0.2) is 0 Å². The van der Waals surface area contributed by atoms with Crippen molar-refractivity contribution in [1.29, 1.82) is 0 Å². The van der Waals surface area contributed by atoms with Crippen LogP contribution in [0, 0.1) is 0 Å². The number of aromatic amines is 1. The first kappa shape index (κ1) is 10.9. The Morgan fingerprint density at radius 3 is 2.72 bits per heavy atom. The molecule has 1 fully saturated rings. The minimum Gasteiger partial charge on any atom is -0.351 e. The van der Waals surface area contributed by atoms with Crippen molar-refractivity contribution >= 4 is 5.95 Å². The average molecular weight is 243 g/mol. The van der Waals surface area contributed by atoms with Crippen molar-refractivity contribution in [3.8, 4) is 0 Å². The number of nitrogens with zero attached hydrogens (tertiary/aromatic N) is 3. The summed E-state index contributed by atoms with van der Waals surface area (Å²) < 4.78 is 0. The number of aromatic nitrogens is 4. The fourth-order valence-corrected chi connectivity index (χ4v) is 2.14. The van der Waals surface area contributed by atoms with Crippen LogP contribution in [0.5, 0.6) is 0 Å². The maximum Gasteiger partial charge on any atom is 0.250 e. The highest BCUT2D eigenvalue weighted by Crippen LogP contribution is 2.36. The molecule has 3 rings (SSSR count). The second-order valence-corrected chi connectivity index (χ2v) is 4.42. The third-order valence-electron chi connectivity index (χ3n) is 3.15. The first-order valence-electron chi connectivity index (χ1n) is 5.89. The molecule has 0 saturated heterocycles. The second-order valence-electron chi connectivity index (χ2n) is 4.42. The Morgan fingerprint density at radius 1 is 1.22 bits per heavy atom. The Morgan fingerprint density at radius 2 is 2.00 bits per heavy atom. The first-order chi connectivity index (χ1) is 8.81. The molecule has 0 spiro atoms. The lowest BCUT2D eigenvalue weighted by Gasteiger charge is -2.35. The molecule has 6 heteroatoms. The molecule has 0 amide bonds. The van der Waals surface area contributed by atoms with Gasteiger partial charge >= 0.3 is 0 Å². The standard InChI is InChI=1S/C12H13N5O/c18-11-6-10(15-7-16-11)8-4-9(5-8)17-12-13-2-1-3-14-12/h1-3,6-9H,4-5H2,(H,13,14,17)(H,15,16,18). The van der Waals surface area contributed by atoms with Crippen LogP contribution in [0.1, 0.15) is 24.5 Å². The molecule has 2 aromatic rings. The van der Waals surface area contributed by atoms with Crippen LogP contribution in [0.3, 0.4) is 0 Å². The van der Waals surface area contributed by atoms with Crippen molar-refractivity contribution in [1.82, 2.24) is 19.9 Å². The highest BCUT2D eigenvalue weighted by molar-refractivity contribution is 5.27. The summed E-state index contributed by atoms with van der Waals surface area (Å²) in [6.45, 7) is 0. The number of H-pyrrole nitrogens is 1. The van der Waals surface area contributed by atoms with Gasteiger partial charge < -0.3 is 10.3 Å². The maximum absolute atomic E-state index is 11.2. The van der Waals surface area contributed by atoms with E-state index in [2.05, 4.69) is 25.3 Å². The minimum atomic E-state index is -0.0946. The topological polar surface area (TPSA) is 83.6 Å². The monoisotopic (exact) mass is 243 g/mol. The summed E-state index contributed by atoms with van der Waals surface area (Å²) in [7, 11) is 0. The van der Waals surface area contributed by atoms with Crippen molar-refractivity contribution in [2.24, 2.45) is 0 Å². The van der Waals surface area contributed by atoms with E-state index in [1.165, 1.54) is 6.33 Å². The summed E-state index contributed by atoms with van der Waals surface area (Å²) in [4.78, 5) is 26.1. The molecule has 6 nitrogen and oxygen atoms in total. The molecule has 1 aliphatic rings. The number of anilines is 1.